The minimum Gasteiger partial charge on any atom is -0.468 e. The van der Waals surface area contributed by atoms with Crippen LogP contribution in [0, 0.1) is 13.8 Å². The van der Waals surface area contributed by atoms with Crippen molar-refractivity contribution in [1.82, 2.24) is 9.97 Å². The maximum Gasteiger partial charge on any atom is 0.422 e. The maximum atomic E-state index is 12.0. The first-order chi connectivity index (χ1) is 9.83. The minimum atomic E-state index is -4.36. The van der Waals surface area contributed by atoms with Crippen molar-refractivity contribution in [2.75, 3.05) is 11.9 Å². The van der Waals surface area contributed by atoms with E-state index < -0.39 is 12.8 Å². The van der Waals surface area contributed by atoms with Crippen LogP contribution in [-0.2, 0) is 6.54 Å². The molecule has 0 saturated carbocycles. The summed E-state index contributed by atoms with van der Waals surface area (Å²) in [5.74, 6) is -0.0531. The van der Waals surface area contributed by atoms with E-state index in [1.165, 1.54) is 12.3 Å². The Morgan fingerprint density at radius 1 is 1.29 bits per heavy atom. The molecule has 0 aromatic carbocycles. The van der Waals surface area contributed by atoms with Crippen LogP contribution in [0.15, 0.2) is 18.3 Å². The number of rotatable bonds is 5. The van der Waals surface area contributed by atoms with Gasteiger partial charge in [0.25, 0.3) is 0 Å². The first-order valence-corrected chi connectivity index (χ1v) is 6.97. The van der Waals surface area contributed by atoms with Gasteiger partial charge >= 0.3 is 6.18 Å². The third kappa shape index (κ3) is 4.89. The van der Waals surface area contributed by atoms with Gasteiger partial charge in [0.15, 0.2) is 6.61 Å². The zero-order chi connectivity index (χ0) is 15.5. The number of ether oxygens (including phenoxy) is 1. The average Bonchev–Trinajstić information content (AvgIpc) is 2.73. The molecule has 0 bridgehead atoms. The molecule has 2 aromatic heterocycles. The predicted molar refractivity (Wildman–Crippen MR) is 74.7 cm³/mol. The van der Waals surface area contributed by atoms with Crippen molar-refractivity contribution in [3.63, 3.8) is 0 Å². The summed E-state index contributed by atoms with van der Waals surface area (Å²) in [6.07, 6.45) is -2.92. The van der Waals surface area contributed by atoms with Crippen LogP contribution < -0.4 is 10.1 Å². The van der Waals surface area contributed by atoms with Gasteiger partial charge in [-0.2, -0.15) is 13.2 Å². The van der Waals surface area contributed by atoms with Crippen molar-refractivity contribution >= 4 is 17.0 Å². The fourth-order valence-electron chi connectivity index (χ4n) is 1.65. The quantitative estimate of drug-likeness (QED) is 0.913. The summed E-state index contributed by atoms with van der Waals surface area (Å²) in [7, 11) is 0. The Morgan fingerprint density at radius 2 is 2.05 bits per heavy atom. The summed E-state index contributed by atoms with van der Waals surface area (Å²) in [5, 5.41) is 4.14. The Kier molecular flexibility index (Phi) is 4.66. The van der Waals surface area contributed by atoms with E-state index >= 15 is 0 Å². The Balaban J connectivity index is 1.89. The number of aromatic nitrogens is 2. The van der Waals surface area contributed by atoms with Gasteiger partial charge in [-0.1, -0.05) is 0 Å². The number of hydrogen-bond acceptors (Lipinski definition) is 5. The molecular weight excluding hydrogens is 303 g/mol. The molecule has 0 spiro atoms. The van der Waals surface area contributed by atoms with Gasteiger partial charge in [0, 0.05) is 10.9 Å². The highest BCUT2D eigenvalue weighted by Gasteiger charge is 2.28. The standard InChI is InChI=1S/C13H14F3N3OS/c1-8-11(21-9(2)19-8)6-17-10-3-4-12(18-5-10)20-7-13(14,15)16/h3-5,17H,6-7H2,1-2H3. The normalized spacial score (nSPS) is 11.5. The molecule has 1 N–H and O–H groups in total. The van der Waals surface area contributed by atoms with Crippen molar-refractivity contribution in [3.05, 3.63) is 33.9 Å². The van der Waals surface area contributed by atoms with Gasteiger partial charge in [-0.05, 0) is 19.9 Å². The van der Waals surface area contributed by atoms with Gasteiger partial charge in [0.05, 0.1) is 29.1 Å². The van der Waals surface area contributed by atoms with E-state index in [4.69, 9.17) is 0 Å². The zero-order valence-electron chi connectivity index (χ0n) is 11.5. The SMILES string of the molecule is Cc1nc(C)c(CNc2ccc(OCC(F)(F)F)nc2)s1. The Bertz CT molecular complexity index is 596. The van der Waals surface area contributed by atoms with Crippen LogP contribution in [0.5, 0.6) is 5.88 Å². The molecule has 2 rings (SSSR count). The number of nitrogens with one attached hydrogen (secondary N) is 1. The topological polar surface area (TPSA) is 47.0 Å². The van der Waals surface area contributed by atoms with Crippen LogP contribution in [0.25, 0.3) is 0 Å². The smallest absolute Gasteiger partial charge is 0.422 e. The van der Waals surface area contributed by atoms with Crippen molar-refractivity contribution < 1.29 is 17.9 Å². The second-order valence-corrected chi connectivity index (χ2v) is 5.67. The lowest BCUT2D eigenvalue weighted by Crippen LogP contribution is -2.19. The molecule has 114 valence electrons. The van der Waals surface area contributed by atoms with Crippen molar-refractivity contribution in [3.8, 4) is 5.88 Å². The van der Waals surface area contributed by atoms with Crippen molar-refractivity contribution in [1.29, 1.82) is 0 Å². The van der Waals surface area contributed by atoms with Gasteiger partial charge in [-0.25, -0.2) is 9.97 Å². The molecule has 0 saturated heterocycles. The van der Waals surface area contributed by atoms with E-state index in [0.717, 1.165) is 15.6 Å². The van der Waals surface area contributed by atoms with Gasteiger partial charge in [0.1, 0.15) is 0 Å². The van der Waals surface area contributed by atoms with Gasteiger partial charge < -0.3 is 10.1 Å². The van der Waals surface area contributed by atoms with Crippen LogP contribution in [0.1, 0.15) is 15.6 Å². The van der Waals surface area contributed by atoms with E-state index in [1.54, 1.807) is 17.4 Å². The van der Waals surface area contributed by atoms with Gasteiger partial charge in [-0.15, -0.1) is 11.3 Å². The zero-order valence-corrected chi connectivity index (χ0v) is 12.3. The highest BCUT2D eigenvalue weighted by Crippen LogP contribution is 2.20. The largest absolute Gasteiger partial charge is 0.468 e. The lowest BCUT2D eigenvalue weighted by atomic mass is 10.3. The van der Waals surface area contributed by atoms with E-state index in [0.29, 0.717) is 12.2 Å². The highest BCUT2D eigenvalue weighted by molar-refractivity contribution is 7.11. The summed E-state index contributed by atoms with van der Waals surface area (Å²) < 4.78 is 40.5. The minimum absolute atomic E-state index is 0.0531. The summed E-state index contributed by atoms with van der Waals surface area (Å²) in [5.41, 5.74) is 1.68. The molecule has 0 atom stereocenters. The van der Waals surface area contributed by atoms with Gasteiger partial charge in [-0.3, -0.25) is 0 Å². The molecule has 2 aromatic rings. The lowest BCUT2D eigenvalue weighted by molar-refractivity contribution is -0.154. The summed E-state index contributed by atoms with van der Waals surface area (Å²) in [6.45, 7) is 3.14. The maximum absolute atomic E-state index is 12.0. The second kappa shape index (κ2) is 6.30. The Labute approximate surface area is 124 Å². The number of halogens is 3. The van der Waals surface area contributed by atoms with Crippen LogP contribution >= 0.6 is 11.3 Å². The van der Waals surface area contributed by atoms with Crippen molar-refractivity contribution in [2.24, 2.45) is 0 Å². The van der Waals surface area contributed by atoms with E-state index in [9.17, 15) is 13.2 Å². The monoisotopic (exact) mass is 317 g/mol. The Morgan fingerprint density at radius 3 is 2.57 bits per heavy atom. The number of alkyl halides is 3. The van der Waals surface area contributed by atoms with Gasteiger partial charge in [0.2, 0.25) is 5.88 Å². The molecule has 21 heavy (non-hydrogen) atoms. The molecular formula is C13H14F3N3OS. The number of nitrogens with zero attached hydrogens (tertiary/aromatic N) is 2. The molecule has 0 aliphatic rings. The molecule has 0 amide bonds. The third-order valence-corrected chi connectivity index (χ3v) is 3.65. The number of pyridine rings is 1. The number of anilines is 1. The molecule has 4 nitrogen and oxygen atoms in total. The number of aryl methyl sites for hydroxylation is 2. The lowest BCUT2D eigenvalue weighted by Gasteiger charge is -2.09. The number of thiazole rings is 1. The highest BCUT2D eigenvalue weighted by atomic mass is 32.1. The molecule has 0 aliphatic carbocycles. The fraction of sp³-hybridized carbons (Fsp3) is 0.385. The van der Waals surface area contributed by atoms with Crippen LogP contribution in [0.2, 0.25) is 0 Å². The molecule has 0 radical (unpaired) electrons. The Hall–Kier alpha value is -1.83. The molecule has 0 fully saturated rings. The van der Waals surface area contributed by atoms with E-state index in [1.807, 2.05) is 13.8 Å². The van der Waals surface area contributed by atoms with Crippen LogP contribution in [0.3, 0.4) is 0 Å². The fourth-order valence-corrected chi connectivity index (χ4v) is 2.52. The van der Waals surface area contributed by atoms with Crippen molar-refractivity contribution in [2.45, 2.75) is 26.6 Å². The third-order valence-electron chi connectivity index (χ3n) is 2.57. The molecule has 0 aliphatic heterocycles. The van der Waals surface area contributed by atoms with E-state index in [2.05, 4.69) is 20.0 Å². The molecule has 0 unspecified atom stereocenters. The first-order valence-electron chi connectivity index (χ1n) is 6.16. The summed E-state index contributed by atoms with van der Waals surface area (Å²) >= 11 is 1.60. The average molecular weight is 317 g/mol. The number of hydrogen-bond donors (Lipinski definition) is 1. The van der Waals surface area contributed by atoms with Crippen LogP contribution in [-0.4, -0.2) is 22.8 Å². The van der Waals surface area contributed by atoms with Crippen LogP contribution in [0.4, 0.5) is 18.9 Å². The predicted octanol–water partition coefficient (Wildman–Crippen LogP) is 3.71. The molecule has 8 heteroatoms. The van der Waals surface area contributed by atoms with E-state index in [-0.39, 0.29) is 5.88 Å². The second-order valence-electron chi connectivity index (χ2n) is 4.38. The summed E-state index contributed by atoms with van der Waals surface area (Å²) in [6, 6.07) is 3.03. The first kappa shape index (κ1) is 15.6. The summed E-state index contributed by atoms with van der Waals surface area (Å²) in [4.78, 5) is 9.26. The molecule has 2 heterocycles.